The van der Waals surface area contributed by atoms with Gasteiger partial charge in [0.25, 0.3) is 0 Å². The van der Waals surface area contributed by atoms with E-state index in [-0.39, 0.29) is 16.7 Å². The van der Waals surface area contributed by atoms with E-state index in [1.54, 1.807) is 4.57 Å². The zero-order chi connectivity index (χ0) is 26.8. The second kappa shape index (κ2) is 10.6. The van der Waals surface area contributed by atoms with E-state index in [0.717, 1.165) is 51.6 Å². The Morgan fingerprint density at radius 1 is 1.08 bits per heavy atom. The molecule has 0 amide bonds. The van der Waals surface area contributed by atoms with Gasteiger partial charge >= 0.3 is 5.97 Å². The number of benzene rings is 3. The van der Waals surface area contributed by atoms with Crippen molar-refractivity contribution in [2.24, 2.45) is 5.73 Å². The summed E-state index contributed by atoms with van der Waals surface area (Å²) in [4.78, 5) is 19.5. The summed E-state index contributed by atoms with van der Waals surface area (Å²) in [6, 6.07) is 21.9. The highest BCUT2D eigenvalue weighted by atomic mass is 35.5. The van der Waals surface area contributed by atoms with E-state index < -0.39 is 5.97 Å². The monoisotopic (exact) mass is 525 g/mol. The molecule has 2 aromatic heterocycles. The van der Waals surface area contributed by atoms with E-state index in [2.05, 4.69) is 29.0 Å². The van der Waals surface area contributed by atoms with Gasteiger partial charge in [-0.3, -0.25) is 5.41 Å². The van der Waals surface area contributed by atoms with Gasteiger partial charge in [-0.2, -0.15) is 0 Å². The third kappa shape index (κ3) is 4.80. The number of unbranched alkanes of at least 4 members (excludes halogenated alkanes) is 1. The van der Waals surface area contributed by atoms with Crippen LogP contribution in [0.5, 0.6) is 0 Å². The zero-order valence-corrected chi connectivity index (χ0v) is 21.7. The van der Waals surface area contributed by atoms with Gasteiger partial charge in [0, 0.05) is 41.2 Å². The van der Waals surface area contributed by atoms with E-state index in [1.165, 1.54) is 0 Å². The number of amidine groups is 1. The SMILES string of the molecule is CCCCc1nc(Cl)c(C(=O)O)n1Cc1ccc(-c2cc(-c3c[nH]c4ccccc34)ccc2C(=N)N)cc1. The van der Waals surface area contributed by atoms with Gasteiger partial charge in [-0.25, -0.2) is 9.78 Å². The predicted octanol–water partition coefficient (Wildman–Crippen LogP) is 6.72. The summed E-state index contributed by atoms with van der Waals surface area (Å²) in [7, 11) is 0. The first-order valence-electron chi connectivity index (χ1n) is 12.5. The van der Waals surface area contributed by atoms with Crippen LogP contribution in [0.1, 0.15) is 47.2 Å². The van der Waals surface area contributed by atoms with Crippen LogP contribution in [0.3, 0.4) is 0 Å². The van der Waals surface area contributed by atoms with Crippen molar-refractivity contribution in [3.8, 4) is 22.3 Å². The van der Waals surface area contributed by atoms with Crippen LogP contribution < -0.4 is 5.73 Å². The van der Waals surface area contributed by atoms with Crippen LogP contribution in [-0.4, -0.2) is 31.4 Å². The normalized spacial score (nSPS) is 11.2. The van der Waals surface area contributed by atoms with Gasteiger partial charge in [0.1, 0.15) is 11.7 Å². The number of imidazole rings is 1. The number of fused-ring (bicyclic) bond motifs is 1. The number of rotatable bonds is 9. The number of aromatic amines is 1. The molecule has 0 atom stereocenters. The zero-order valence-electron chi connectivity index (χ0n) is 21.0. The number of aromatic nitrogens is 3. The number of nitrogen functional groups attached to an aromatic ring is 1. The third-order valence-electron chi connectivity index (χ3n) is 6.78. The van der Waals surface area contributed by atoms with E-state index in [0.29, 0.717) is 24.4 Å². The number of aryl methyl sites for hydroxylation is 1. The van der Waals surface area contributed by atoms with Crippen LogP contribution in [0.4, 0.5) is 0 Å². The standard InChI is InChI=1S/C30H28ClN5O2/c1-2-3-8-26-35-28(31)27(30(37)38)36(26)17-18-9-11-19(12-10-18)23-15-20(13-14-22(23)29(32)33)24-16-34-25-7-5-4-6-21(24)25/h4-7,9-16,34H,2-3,8,17H2,1H3,(H3,32,33)(H,37,38). The molecule has 7 nitrogen and oxygen atoms in total. The minimum absolute atomic E-state index is 0.00530. The molecule has 0 spiro atoms. The largest absolute Gasteiger partial charge is 0.476 e. The Kier molecular flexibility index (Phi) is 7.03. The second-order valence-corrected chi connectivity index (χ2v) is 9.64. The molecule has 5 aromatic rings. The number of aromatic carboxylic acids is 1. The lowest BCUT2D eigenvalue weighted by molar-refractivity contribution is 0.0685. The van der Waals surface area contributed by atoms with Crippen LogP contribution in [-0.2, 0) is 13.0 Å². The van der Waals surface area contributed by atoms with Crippen molar-refractivity contribution < 1.29 is 9.90 Å². The first-order chi connectivity index (χ1) is 18.4. The second-order valence-electron chi connectivity index (χ2n) is 9.28. The molecule has 0 bridgehead atoms. The van der Waals surface area contributed by atoms with Crippen molar-refractivity contribution in [2.45, 2.75) is 32.7 Å². The Hall–Kier alpha value is -4.36. The lowest BCUT2D eigenvalue weighted by Crippen LogP contribution is -2.13. The number of hydrogen-bond acceptors (Lipinski definition) is 3. The molecule has 0 unspecified atom stereocenters. The van der Waals surface area contributed by atoms with Gasteiger partial charge in [-0.1, -0.05) is 79.5 Å². The first-order valence-corrected chi connectivity index (χ1v) is 12.9. The summed E-state index contributed by atoms with van der Waals surface area (Å²) in [6.45, 7) is 2.42. The van der Waals surface area contributed by atoms with Crippen molar-refractivity contribution in [3.05, 3.63) is 101 Å². The van der Waals surface area contributed by atoms with Crippen LogP contribution in [0.2, 0.25) is 5.15 Å². The van der Waals surface area contributed by atoms with Crippen molar-refractivity contribution in [3.63, 3.8) is 0 Å². The molecule has 3 aromatic carbocycles. The average Bonchev–Trinajstić information content (AvgIpc) is 3.48. The summed E-state index contributed by atoms with van der Waals surface area (Å²) >= 11 is 6.19. The highest BCUT2D eigenvalue weighted by Gasteiger charge is 2.21. The number of nitrogens with two attached hydrogens (primary N) is 1. The van der Waals surface area contributed by atoms with E-state index in [9.17, 15) is 9.90 Å². The smallest absolute Gasteiger partial charge is 0.355 e. The molecule has 8 heteroatoms. The number of carboxylic acid groups (broad SMARTS) is 1. The number of H-pyrrole nitrogens is 1. The number of carboxylic acids is 1. The summed E-state index contributed by atoms with van der Waals surface area (Å²) < 4.78 is 1.69. The fraction of sp³-hybridized carbons (Fsp3) is 0.167. The van der Waals surface area contributed by atoms with Crippen LogP contribution in [0, 0.1) is 5.41 Å². The Morgan fingerprint density at radius 3 is 2.53 bits per heavy atom. The molecule has 5 N–H and O–H groups in total. The fourth-order valence-corrected chi connectivity index (χ4v) is 5.12. The number of hydrogen-bond donors (Lipinski definition) is 4. The van der Waals surface area contributed by atoms with E-state index >= 15 is 0 Å². The Bertz CT molecular complexity index is 1650. The summed E-state index contributed by atoms with van der Waals surface area (Å²) in [5.74, 6) is -0.431. The Labute approximate surface area is 225 Å². The fourth-order valence-electron chi connectivity index (χ4n) is 4.83. The third-order valence-corrected chi connectivity index (χ3v) is 7.04. The van der Waals surface area contributed by atoms with Gasteiger partial charge in [0.2, 0.25) is 0 Å². The maximum Gasteiger partial charge on any atom is 0.355 e. The molecule has 5 rings (SSSR count). The first kappa shape index (κ1) is 25.3. The highest BCUT2D eigenvalue weighted by Crippen LogP contribution is 2.34. The van der Waals surface area contributed by atoms with Gasteiger partial charge in [-0.15, -0.1) is 0 Å². The average molecular weight is 526 g/mol. The molecule has 0 aliphatic heterocycles. The van der Waals surface area contributed by atoms with Gasteiger partial charge < -0.3 is 20.4 Å². The Balaban J connectivity index is 1.51. The van der Waals surface area contributed by atoms with Crippen LogP contribution in [0.25, 0.3) is 33.2 Å². The van der Waals surface area contributed by atoms with Crippen LogP contribution >= 0.6 is 11.6 Å². The molecule has 0 radical (unpaired) electrons. The van der Waals surface area contributed by atoms with Gasteiger partial charge in [0.15, 0.2) is 10.8 Å². The summed E-state index contributed by atoms with van der Waals surface area (Å²) in [5.41, 5.74) is 12.4. The highest BCUT2D eigenvalue weighted by molar-refractivity contribution is 6.32. The molecular weight excluding hydrogens is 498 g/mol. The minimum Gasteiger partial charge on any atom is -0.476 e. The molecule has 0 fully saturated rings. The molecule has 0 saturated carbocycles. The molecule has 0 aliphatic rings. The van der Waals surface area contributed by atoms with Crippen molar-refractivity contribution >= 4 is 34.3 Å². The molecule has 38 heavy (non-hydrogen) atoms. The van der Waals surface area contributed by atoms with Crippen molar-refractivity contribution in [1.29, 1.82) is 5.41 Å². The van der Waals surface area contributed by atoms with E-state index in [1.807, 2.05) is 60.8 Å². The lowest BCUT2D eigenvalue weighted by Gasteiger charge is -2.13. The number of para-hydroxylation sites is 1. The van der Waals surface area contributed by atoms with Gasteiger partial charge in [-0.05, 0) is 40.8 Å². The van der Waals surface area contributed by atoms with Crippen molar-refractivity contribution in [1.82, 2.24) is 14.5 Å². The van der Waals surface area contributed by atoms with Crippen LogP contribution in [0.15, 0.2) is 72.9 Å². The number of halogens is 1. The molecular formula is C30H28ClN5O2. The maximum absolute atomic E-state index is 11.9. The molecule has 0 saturated heterocycles. The maximum atomic E-state index is 11.9. The topological polar surface area (TPSA) is 121 Å². The van der Waals surface area contributed by atoms with Gasteiger partial charge in [0.05, 0.1) is 0 Å². The predicted molar refractivity (Wildman–Crippen MR) is 152 cm³/mol. The quantitative estimate of drug-likeness (QED) is 0.126. The molecule has 2 heterocycles. The molecule has 0 aliphatic carbocycles. The lowest BCUT2D eigenvalue weighted by atomic mass is 9.93. The minimum atomic E-state index is -1.10. The number of nitrogens with zero attached hydrogens (tertiary/aromatic N) is 2. The number of nitrogens with one attached hydrogen (secondary N) is 2. The summed E-state index contributed by atoms with van der Waals surface area (Å²) in [6.07, 6.45) is 4.51. The Morgan fingerprint density at radius 2 is 1.82 bits per heavy atom. The van der Waals surface area contributed by atoms with E-state index in [4.69, 9.17) is 22.7 Å². The molecule has 192 valence electrons. The number of carbonyl (C=O) groups is 1. The van der Waals surface area contributed by atoms with Crippen molar-refractivity contribution in [2.75, 3.05) is 0 Å². The summed E-state index contributed by atoms with van der Waals surface area (Å²) in [5, 5.41) is 19.0.